The van der Waals surface area contributed by atoms with Crippen LogP contribution in [0.1, 0.15) is 34.1 Å². The highest BCUT2D eigenvalue weighted by atomic mass is 32.2. The van der Waals surface area contributed by atoms with Gasteiger partial charge in [0.05, 0.1) is 5.25 Å². The van der Waals surface area contributed by atoms with Crippen LogP contribution in [0.4, 0.5) is 0 Å². The maximum atomic E-state index is 12.2. The molecule has 0 aromatic rings. The molecule has 0 spiro atoms. The smallest absolute Gasteiger partial charge is 0.217 e. The Morgan fingerprint density at radius 1 is 1.35 bits per heavy atom. The minimum Gasteiger partial charge on any atom is -0.313 e. The van der Waals surface area contributed by atoms with Crippen LogP contribution in [0.15, 0.2) is 0 Å². The number of rotatable bonds is 7. The maximum absolute atomic E-state index is 12.2. The molecule has 0 aromatic heterocycles. The van der Waals surface area contributed by atoms with Crippen molar-refractivity contribution in [3.05, 3.63) is 0 Å². The molecule has 1 aliphatic carbocycles. The van der Waals surface area contributed by atoms with Gasteiger partial charge in [-0.15, -0.1) is 0 Å². The van der Waals surface area contributed by atoms with Crippen LogP contribution in [-0.2, 0) is 10.0 Å². The molecule has 1 rings (SSSR count). The summed E-state index contributed by atoms with van der Waals surface area (Å²) in [6.07, 6.45) is 1.17. The highest BCUT2D eigenvalue weighted by molar-refractivity contribution is 7.89. The van der Waals surface area contributed by atoms with Gasteiger partial charge in [-0.25, -0.2) is 12.7 Å². The molecule has 1 fully saturated rings. The summed E-state index contributed by atoms with van der Waals surface area (Å²) in [5.74, 6) is 1.26. The lowest BCUT2D eigenvalue weighted by Gasteiger charge is -2.23. The van der Waals surface area contributed by atoms with Crippen molar-refractivity contribution in [2.45, 2.75) is 45.4 Å². The molecule has 0 saturated heterocycles. The molecule has 3 unspecified atom stereocenters. The van der Waals surface area contributed by atoms with Gasteiger partial charge in [0, 0.05) is 26.2 Å². The molecular weight excluding hydrogens is 236 g/mol. The van der Waals surface area contributed by atoms with Crippen LogP contribution in [0, 0.1) is 11.8 Å². The normalized spacial score (nSPS) is 26.5. The molecular formula is C12H26N2O2S. The minimum absolute atomic E-state index is 0.321. The first-order valence-corrected chi connectivity index (χ1v) is 7.94. The lowest BCUT2D eigenvalue weighted by molar-refractivity contribution is 0.432. The number of sulfonamides is 1. The molecule has 0 bridgehead atoms. The van der Waals surface area contributed by atoms with Gasteiger partial charge in [0.1, 0.15) is 0 Å². The fourth-order valence-corrected chi connectivity index (χ4v) is 3.22. The van der Waals surface area contributed by atoms with E-state index in [1.54, 1.807) is 14.0 Å². The fourth-order valence-electron chi connectivity index (χ4n) is 1.90. The van der Waals surface area contributed by atoms with E-state index in [2.05, 4.69) is 12.2 Å². The number of hydrogen-bond acceptors (Lipinski definition) is 3. The summed E-state index contributed by atoms with van der Waals surface area (Å²) in [5, 5.41) is 2.82. The second-order valence-corrected chi connectivity index (χ2v) is 8.13. The lowest BCUT2D eigenvalue weighted by atomic mass is 10.3. The number of hydrogen-bond donors (Lipinski definition) is 1. The summed E-state index contributed by atoms with van der Waals surface area (Å²) >= 11 is 0. The van der Waals surface area contributed by atoms with Crippen LogP contribution < -0.4 is 5.32 Å². The van der Waals surface area contributed by atoms with Crippen molar-refractivity contribution >= 4 is 10.0 Å². The van der Waals surface area contributed by atoms with Crippen molar-refractivity contribution in [2.75, 3.05) is 20.1 Å². The fraction of sp³-hybridized carbons (Fsp3) is 1.00. The summed E-state index contributed by atoms with van der Waals surface area (Å²) in [7, 11) is -1.44. The molecule has 4 nitrogen and oxygen atoms in total. The average molecular weight is 262 g/mol. The Morgan fingerprint density at radius 3 is 2.29 bits per heavy atom. The molecule has 3 atom stereocenters. The van der Waals surface area contributed by atoms with Gasteiger partial charge < -0.3 is 5.32 Å². The maximum Gasteiger partial charge on any atom is 0.217 e. The molecule has 0 aliphatic heterocycles. The van der Waals surface area contributed by atoms with Crippen LogP contribution in [0.5, 0.6) is 0 Å². The van der Waals surface area contributed by atoms with Crippen molar-refractivity contribution in [3.8, 4) is 0 Å². The standard InChI is InChI=1S/C12H26N2O2S/c1-9(2)13-7-11(4)17(15,16)14(5)8-12-6-10(12)3/h9-13H,6-8H2,1-5H3. The van der Waals surface area contributed by atoms with E-state index in [4.69, 9.17) is 0 Å². The third-order valence-electron chi connectivity index (χ3n) is 3.52. The van der Waals surface area contributed by atoms with E-state index in [1.165, 1.54) is 10.7 Å². The molecule has 0 radical (unpaired) electrons. The topological polar surface area (TPSA) is 49.4 Å². The zero-order chi connectivity index (χ0) is 13.2. The average Bonchev–Trinajstić information content (AvgIpc) is 2.90. The summed E-state index contributed by atoms with van der Waals surface area (Å²) in [4.78, 5) is 0. The van der Waals surface area contributed by atoms with Crippen LogP contribution in [0.3, 0.4) is 0 Å². The summed E-state index contributed by atoms with van der Waals surface area (Å²) < 4.78 is 25.9. The Kier molecular flexibility index (Phi) is 4.98. The third-order valence-corrected chi connectivity index (χ3v) is 5.73. The molecule has 1 aliphatic rings. The number of nitrogens with one attached hydrogen (secondary N) is 1. The lowest BCUT2D eigenvalue weighted by Crippen LogP contribution is -2.42. The van der Waals surface area contributed by atoms with Crippen molar-refractivity contribution in [1.29, 1.82) is 0 Å². The predicted molar refractivity (Wildman–Crippen MR) is 71.4 cm³/mol. The van der Waals surface area contributed by atoms with E-state index in [1.807, 2.05) is 13.8 Å². The number of nitrogens with zero attached hydrogens (tertiary/aromatic N) is 1. The Hall–Kier alpha value is -0.130. The Balaban J connectivity index is 2.47. The zero-order valence-corrected chi connectivity index (χ0v) is 12.4. The Bertz CT molecular complexity index is 340. The Labute approximate surface area is 106 Å². The van der Waals surface area contributed by atoms with Gasteiger partial charge in [0.2, 0.25) is 10.0 Å². The van der Waals surface area contributed by atoms with Gasteiger partial charge in [-0.05, 0) is 25.2 Å². The molecule has 102 valence electrons. The van der Waals surface area contributed by atoms with Crippen molar-refractivity contribution in [2.24, 2.45) is 11.8 Å². The highest BCUT2D eigenvalue weighted by Gasteiger charge is 2.37. The summed E-state index contributed by atoms with van der Waals surface area (Å²) in [6.45, 7) is 9.19. The second-order valence-electron chi connectivity index (χ2n) is 5.67. The van der Waals surface area contributed by atoms with Gasteiger partial charge in [-0.3, -0.25) is 0 Å². The van der Waals surface area contributed by atoms with Gasteiger partial charge >= 0.3 is 0 Å². The zero-order valence-electron chi connectivity index (χ0n) is 11.6. The summed E-state index contributed by atoms with van der Waals surface area (Å²) in [5.41, 5.74) is 0. The molecule has 0 heterocycles. The van der Waals surface area contributed by atoms with Gasteiger partial charge in [-0.1, -0.05) is 20.8 Å². The van der Waals surface area contributed by atoms with E-state index in [0.29, 0.717) is 31.0 Å². The summed E-state index contributed by atoms with van der Waals surface area (Å²) in [6, 6.07) is 0.321. The van der Waals surface area contributed by atoms with E-state index >= 15 is 0 Å². The first kappa shape index (κ1) is 14.9. The first-order chi connectivity index (χ1) is 7.75. The Morgan fingerprint density at radius 2 is 1.88 bits per heavy atom. The van der Waals surface area contributed by atoms with Crippen LogP contribution in [-0.4, -0.2) is 44.2 Å². The van der Waals surface area contributed by atoms with Gasteiger partial charge in [0.15, 0.2) is 0 Å². The minimum atomic E-state index is -3.14. The van der Waals surface area contributed by atoms with E-state index in [9.17, 15) is 8.42 Å². The predicted octanol–water partition coefficient (Wildman–Crippen LogP) is 1.29. The van der Waals surface area contributed by atoms with Crippen LogP contribution >= 0.6 is 0 Å². The largest absolute Gasteiger partial charge is 0.313 e. The van der Waals surface area contributed by atoms with Gasteiger partial charge in [0.25, 0.3) is 0 Å². The van der Waals surface area contributed by atoms with Gasteiger partial charge in [-0.2, -0.15) is 0 Å². The van der Waals surface area contributed by atoms with Crippen molar-refractivity contribution in [3.63, 3.8) is 0 Å². The molecule has 0 amide bonds. The second kappa shape index (κ2) is 5.67. The van der Waals surface area contributed by atoms with E-state index in [-0.39, 0.29) is 5.25 Å². The van der Waals surface area contributed by atoms with E-state index < -0.39 is 10.0 Å². The first-order valence-electron chi connectivity index (χ1n) is 6.43. The van der Waals surface area contributed by atoms with Crippen molar-refractivity contribution < 1.29 is 8.42 Å². The highest BCUT2D eigenvalue weighted by Crippen LogP contribution is 2.38. The molecule has 1 N–H and O–H groups in total. The molecule has 0 aromatic carbocycles. The molecule has 5 heteroatoms. The van der Waals surface area contributed by atoms with Crippen molar-refractivity contribution in [1.82, 2.24) is 9.62 Å². The molecule has 1 saturated carbocycles. The van der Waals surface area contributed by atoms with Crippen LogP contribution in [0.25, 0.3) is 0 Å². The quantitative estimate of drug-likeness (QED) is 0.752. The van der Waals surface area contributed by atoms with Crippen LogP contribution in [0.2, 0.25) is 0 Å². The molecule has 17 heavy (non-hydrogen) atoms. The van der Waals surface area contributed by atoms with E-state index in [0.717, 1.165) is 0 Å². The SMILES string of the molecule is CC(C)NCC(C)S(=O)(=O)N(C)CC1CC1C. The third kappa shape index (κ3) is 4.23. The monoisotopic (exact) mass is 262 g/mol.